The molecule has 20 heavy (non-hydrogen) atoms. The van der Waals surface area contributed by atoms with Crippen molar-refractivity contribution in [2.75, 3.05) is 6.61 Å². The number of hydrogen-bond donors (Lipinski definition) is 0. The van der Waals surface area contributed by atoms with E-state index >= 15 is 0 Å². The Morgan fingerprint density at radius 1 is 1.35 bits per heavy atom. The van der Waals surface area contributed by atoms with E-state index in [1.165, 1.54) is 0 Å². The molecule has 0 aliphatic carbocycles. The van der Waals surface area contributed by atoms with E-state index in [1.807, 2.05) is 0 Å². The summed E-state index contributed by atoms with van der Waals surface area (Å²) in [5.41, 5.74) is 0.652. The minimum atomic E-state index is -0.884. The van der Waals surface area contributed by atoms with Crippen molar-refractivity contribution in [3.63, 3.8) is 0 Å². The Kier molecular flexibility index (Phi) is 4.59. The van der Waals surface area contributed by atoms with Gasteiger partial charge in [-0.1, -0.05) is 29.3 Å². The minimum absolute atomic E-state index is 0.278. The number of halogens is 2. The number of hydrogen-bond acceptors (Lipinski definition) is 4. The van der Waals surface area contributed by atoms with Crippen LogP contribution in [0.1, 0.15) is 32.4 Å². The molecule has 1 aliphatic heterocycles. The van der Waals surface area contributed by atoms with Crippen LogP contribution < -0.4 is 0 Å². The van der Waals surface area contributed by atoms with E-state index in [4.69, 9.17) is 37.4 Å². The molecule has 1 fully saturated rings. The van der Waals surface area contributed by atoms with Gasteiger partial charge < -0.3 is 14.2 Å². The largest absolute Gasteiger partial charge is 0.464 e. The van der Waals surface area contributed by atoms with E-state index in [9.17, 15) is 4.79 Å². The maximum absolute atomic E-state index is 12.0. The van der Waals surface area contributed by atoms with Gasteiger partial charge in [0.05, 0.1) is 6.61 Å². The number of carbonyl (C=O) groups is 1. The van der Waals surface area contributed by atoms with E-state index in [0.717, 1.165) is 0 Å². The molecule has 0 amide bonds. The average molecular weight is 319 g/mol. The highest BCUT2D eigenvalue weighted by Crippen LogP contribution is 2.41. The van der Waals surface area contributed by atoms with Crippen LogP contribution in [0.3, 0.4) is 0 Å². The molecule has 0 radical (unpaired) electrons. The summed E-state index contributed by atoms with van der Waals surface area (Å²) in [6.07, 6.45) is -1.46. The lowest BCUT2D eigenvalue weighted by Gasteiger charge is -2.17. The molecule has 1 aliphatic rings. The quantitative estimate of drug-likeness (QED) is 0.796. The summed E-state index contributed by atoms with van der Waals surface area (Å²) < 4.78 is 16.4. The predicted octanol–water partition coefficient (Wildman–Crippen LogP) is 3.75. The van der Waals surface area contributed by atoms with E-state index in [0.29, 0.717) is 15.6 Å². The summed E-state index contributed by atoms with van der Waals surface area (Å²) in [4.78, 5) is 12.0. The highest BCUT2D eigenvalue weighted by molar-refractivity contribution is 6.35. The normalized spacial score (nSPS) is 24.6. The van der Waals surface area contributed by atoms with Gasteiger partial charge >= 0.3 is 5.97 Å². The molecule has 6 heteroatoms. The molecule has 0 unspecified atom stereocenters. The summed E-state index contributed by atoms with van der Waals surface area (Å²) >= 11 is 12.1. The fourth-order valence-corrected chi connectivity index (χ4v) is 2.63. The zero-order chi connectivity index (χ0) is 14.9. The molecule has 0 bridgehead atoms. The predicted molar refractivity (Wildman–Crippen MR) is 75.9 cm³/mol. The minimum Gasteiger partial charge on any atom is -0.464 e. The standard InChI is InChI=1S/C14H16Cl2O4/c1-4-18-13(17)12-11(19-14(2,3)20-12)9-6-5-8(15)7-10(9)16/h5-7,11-12H,4H2,1-3H3/t11-,12-/m1/s1. The smallest absolute Gasteiger partial charge is 0.338 e. The van der Waals surface area contributed by atoms with Crippen LogP contribution in [0.4, 0.5) is 0 Å². The molecule has 0 aromatic heterocycles. The number of benzene rings is 1. The summed E-state index contributed by atoms with van der Waals surface area (Å²) in [7, 11) is 0. The third kappa shape index (κ3) is 3.26. The SMILES string of the molecule is CCOC(=O)[C@@H]1OC(C)(C)O[C@@H]1c1ccc(Cl)cc1Cl. The van der Waals surface area contributed by atoms with E-state index in [-0.39, 0.29) is 6.61 Å². The second kappa shape index (κ2) is 5.90. The third-order valence-corrected chi connectivity index (χ3v) is 3.45. The Morgan fingerprint density at radius 3 is 2.65 bits per heavy atom. The first kappa shape index (κ1) is 15.6. The molecule has 110 valence electrons. The van der Waals surface area contributed by atoms with Crippen LogP contribution in [0.5, 0.6) is 0 Å². The van der Waals surface area contributed by atoms with Gasteiger partial charge in [0, 0.05) is 15.6 Å². The van der Waals surface area contributed by atoms with Crippen molar-refractivity contribution < 1.29 is 19.0 Å². The van der Waals surface area contributed by atoms with Gasteiger partial charge in [-0.3, -0.25) is 0 Å². The highest BCUT2D eigenvalue weighted by atomic mass is 35.5. The molecule has 1 aromatic carbocycles. The number of carbonyl (C=O) groups excluding carboxylic acids is 1. The fraction of sp³-hybridized carbons (Fsp3) is 0.500. The van der Waals surface area contributed by atoms with Gasteiger partial charge in [-0.2, -0.15) is 0 Å². The summed E-state index contributed by atoms with van der Waals surface area (Å²) in [5, 5.41) is 0.947. The molecule has 0 saturated carbocycles. The van der Waals surface area contributed by atoms with Crippen molar-refractivity contribution in [2.45, 2.75) is 38.8 Å². The first-order chi connectivity index (χ1) is 9.34. The molecule has 1 saturated heterocycles. The molecular formula is C14H16Cl2O4. The first-order valence-electron chi connectivity index (χ1n) is 6.31. The Morgan fingerprint density at radius 2 is 2.05 bits per heavy atom. The van der Waals surface area contributed by atoms with Crippen LogP contribution in [-0.2, 0) is 19.0 Å². The highest BCUT2D eigenvalue weighted by Gasteiger charge is 2.47. The van der Waals surface area contributed by atoms with Gasteiger partial charge in [0.15, 0.2) is 11.9 Å². The summed E-state index contributed by atoms with van der Waals surface area (Å²) in [6, 6.07) is 5.03. The maximum atomic E-state index is 12.0. The van der Waals surface area contributed by atoms with Crippen molar-refractivity contribution in [3.05, 3.63) is 33.8 Å². The van der Waals surface area contributed by atoms with Crippen molar-refractivity contribution >= 4 is 29.2 Å². The van der Waals surface area contributed by atoms with Gasteiger partial charge in [-0.25, -0.2) is 4.79 Å². The van der Waals surface area contributed by atoms with Gasteiger partial charge in [-0.05, 0) is 32.9 Å². The van der Waals surface area contributed by atoms with Crippen molar-refractivity contribution in [1.29, 1.82) is 0 Å². The van der Waals surface area contributed by atoms with Gasteiger partial charge in [0.25, 0.3) is 0 Å². The number of rotatable bonds is 3. The van der Waals surface area contributed by atoms with Gasteiger partial charge in [-0.15, -0.1) is 0 Å². The van der Waals surface area contributed by atoms with Gasteiger partial charge in [0.1, 0.15) is 6.10 Å². The van der Waals surface area contributed by atoms with Crippen LogP contribution in [0, 0.1) is 0 Å². The molecule has 0 spiro atoms. The Bertz CT molecular complexity index is 516. The Hall–Kier alpha value is -0.810. The summed E-state index contributed by atoms with van der Waals surface area (Å²) in [5.74, 6) is -1.35. The lowest BCUT2D eigenvalue weighted by Crippen LogP contribution is -2.29. The molecule has 0 N–H and O–H groups in total. The van der Waals surface area contributed by atoms with Crippen LogP contribution >= 0.6 is 23.2 Å². The lowest BCUT2D eigenvalue weighted by molar-refractivity contribution is -0.170. The summed E-state index contributed by atoms with van der Waals surface area (Å²) in [6.45, 7) is 5.50. The topological polar surface area (TPSA) is 44.8 Å². The van der Waals surface area contributed by atoms with Crippen molar-refractivity contribution in [1.82, 2.24) is 0 Å². The van der Waals surface area contributed by atoms with Crippen LogP contribution in [0.15, 0.2) is 18.2 Å². The van der Waals surface area contributed by atoms with Crippen molar-refractivity contribution in [2.24, 2.45) is 0 Å². The Labute approximate surface area is 127 Å². The van der Waals surface area contributed by atoms with Gasteiger partial charge in [0.2, 0.25) is 0 Å². The van der Waals surface area contributed by atoms with Crippen molar-refractivity contribution in [3.8, 4) is 0 Å². The number of ether oxygens (including phenoxy) is 3. The van der Waals surface area contributed by atoms with E-state index < -0.39 is 24.0 Å². The van der Waals surface area contributed by atoms with E-state index in [2.05, 4.69) is 0 Å². The monoisotopic (exact) mass is 318 g/mol. The lowest BCUT2D eigenvalue weighted by atomic mass is 10.0. The van der Waals surface area contributed by atoms with E-state index in [1.54, 1.807) is 39.0 Å². The molecule has 1 aromatic rings. The average Bonchev–Trinajstić information content (AvgIpc) is 2.65. The Balaban J connectivity index is 2.33. The number of esters is 1. The fourth-order valence-electron chi connectivity index (χ4n) is 2.12. The molecule has 2 atom stereocenters. The first-order valence-corrected chi connectivity index (χ1v) is 7.07. The molecular weight excluding hydrogens is 303 g/mol. The third-order valence-electron chi connectivity index (χ3n) is 2.88. The van der Waals surface area contributed by atoms with Crippen LogP contribution in [-0.4, -0.2) is 24.5 Å². The van der Waals surface area contributed by atoms with Crippen LogP contribution in [0.25, 0.3) is 0 Å². The van der Waals surface area contributed by atoms with Crippen LogP contribution in [0.2, 0.25) is 10.0 Å². The molecule has 2 rings (SSSR count). The maximum Gasteiger partial charge on any atom is 0.338 e. The zero-order valence-corrected chi connectivity index (χ0v) is 13.0. The molecule has 4 nitrogen and oxygen atoms in total. The molecule has 1 heterocycles. The second-order valence-corrected chi connectivity index (χ2v) is 5.74. The zero-order valence-electron chi connectivity index (χ0n) is 11.5. The second-order valence-electron chi connectivity index (χ2n) is 4.89.